The molecule has 1 aliphatic rings. The summed E-state index contributed by atoms with van der Waals surface area (Å²) < 4.78 is 0. The number of nitrogens with two attached hydrogens (primary N) is 1. The highest BCUT2D eigenvalue weighted by molar-refractivity contribution is 5.81. The molecule has 0 aliphatic carbocycles. The molecular formula is C12H24N4O2. The second-order valence-electron chi connectivity index (χ2n) is 4.74. The van der Waals surface area contributed by atoms with E-state index in [9.17, 15) is 9.59 Å². The van der Waals surface area contributed by atoms with Crippen LogP contribution in [0.3, 0.4) is 0 Å². The summed E-state index contributed by atoms with van der Waals surface area (Å²) in [5.74, 6) is 0.0499. The molecule has 0 saturated carbocycles. The molecule has 6 nitrogen and oxygen atoms in total. The molecule has 1 aliphatic heterocycles. The first-order valence-electron chi connectivity index (χ1n) is 6.58. The molecule has 0 radical (unpaired) electrons. The molecule has 1 atom stereocenters. The number of hydrogen-bond acceptors (Lipinski definition) is 4. The van der Waals surface area contributed by atoms with Crippen molar-refractivity contribution in [3.63, 3.8) is 0 Å². The predicted molar refractivity (Wildman–Crippen MR) is 70.0 cm³/mol. The third-order valence-electron chi connectivity index (χ3n) is 3.01. The van der Waals surface area contributed by atoms with Crippen LogP contribution in [0.4, 0.5) is 0 Å². The quantitative estimate of drug-likeness (QED) is 0.661. The van der Waals surface area contributed by atoms with E-state index >= 15 is 0 Å². The highest BCUT2D eigenvalue weighted by Gasteiger charge is 2.23. The van der Waals surface area contributed by atoms with Gasteiger partial charge in [0.15, 0.2) is 0 Å². The largest absolute Gasteiger partial charge is 0.355 e. The van der Waals surface area contributed by atoms with Gasteiger partial charge in [-0.1, -0.05) is 6.92 Å². The lowest BCUT2D eigenvalue weighted by Crippen LogP contribution is -2.54. The number of rotatable bonds is 5. The van der Waals surface area contributed by atoms with Crippen molar-refractivity contribution in [3.8, 4) is 0 Å². The maximum atomic E-state index is 11.7. The van der Waals surface area contributed by atoms with E-state index in [1.54, 1.807) is 11.8 Å². The summed E-state index contributed by atoms with van der Waals surface area (Å²) >= 11 is 0. The number of nitrogens with one attached hydrogen (secondary N) is 1. The number of piperazine rings is 1. The molecule has 0 spiro atoms. The number of nitrogens with zero attached hydrogens (tertiary/aromatic N) is 2. The van der Waals surface area contributed by atoms with Crippen molar-refractivity contribution in [1.29, 1.82) is 0 Å². The minimum atomic E-state index is -0.440. The predicted octanol–water partition coefficient (Wildman–Crippen LogP) is -0.996. The summed E-state index contributed by atoms with van der Waals surface area (Å²) in [5.41, 5.74) is 5.57. The van der Waals surface area contributed by atoms with Gasteiger partial charge in [0, 0.05) is 32.7 Å². The maximum Gasteiger partial charge on any atom is 0.239 e. The number of hydrogen-bond donors (Lipinski definition) is 2. The molecule has 0 aromatic carbocycles. The molecule has 0 aromatic heterocycles. The lowest BCUT2D eigenvalue weighted by Gasteiger charge is -2.35. The van der Waals surface area contributed by atoms with Gasteiger partial charge in [-0.2, -0.15) is 0 Å². The molecule has 0 aromatic rings. The highest BCUT2D eigenvalue weighted by Crippen LogP contribution is 2.03. The van der Waals surface area contributed by atoms with Crippen molar-refractivity contribution < 1.29 is 9.59 Å². The Hall–Kier alpha value is -1.14. The SMILES string of the molecule is CCCNC(=O)CN1CCN(C(=O)[C@@H](C)N)CC1. The molecule has 1 saturated heterocycles. The van der Waals surface area contributed by atoms with Crippen LogP contribution in [-0.4, -0.2) is 66.9 Å². The topological polar surface area (TPSA) is 78.7 Å². The molecule has 104 valence electrons. The Balaban J connectivity index is 2.27. The second kappa shape index (κ2) is 7.33. The number of amides is 2. The summed E-state index contributed by atoms with van der Waals surface area (Å²) in [5, 5.41) is 2.85. The first-order chi connectivity index (χ1) is 8.54. The monoisotopic (exact) mass is 256 g/mol. The number of carbonyl (C=O) groups is 2. The first-order valence-corrected chi connectivity index (χ1v) is 6.58. The average molecular weight is 256 g/mol. The van der Waals surface area contributed by atoms with E-state index in [1.165, 1.54) is 0 Å². The van der Waals surface area contributed by atoms with Crippen molar-refractivity contribution >= 4 is 11.8 Å². The van der Waals surface area contributed by atoms with Crippen LogP contribution in [0.5, 0.6) is 0 Å². The minimum absolute atomic E-state index is 0.00918. The summed E-state index contributed by atoms with van der Waals surface area (Å²) in [6.45, 7) is 7.65. The Morgan fingerprint density at radius 2 is 1.89 bits per heavy atom. The number of carbonyl (C=O) groups excluding carboxylic acids is 2. The fraction of sp³-hybridized carbons (Fsp3) is 0.833. The van der Waals surface area contributed by atoms with E-state index in [-0.39, 0.29) is 11.8 Å². The van der Waals surface area contributed by atoms with Crippen LogP contribution in [0, 0.1) is 0 Å². The lowest BCUT2D eigenvalue weighted by molar-refractivity contribution is -0.134. The van der Waals surface area contributed by atoms with E-state index in [2.05, 4.69) is 10.2 Å². The van der Waals surface area contributed by atoms with Gasteiger partial charge in [-0.05, 0) is 13.3 Å². The van der Waals surface area contributed by atoms with E-state index in [4.69, 9.17) is 5.73 Å². The van der Waals surface area contributed by atoms with Crippen LogP contribution in [-0.2, 0) is 9.59 Å². The van der Waals surface area contributed by atoms with E-state index in [0.717, 1.165) is 26.1 Å². The zero-order valence-electron chi connectivity index (χ0n) is 11.3. The lowest BCUT2D eigenvalue weighted by atomic mass is 10.2. The Labute approximate surface area is 108 Å². The molecule has 1 rings (SSSR count). The molecule has 3 N–H and O–H groups in total. The van der Waals surface area contributed by atoms with Gasteiger partial charge in [0.25, 0.3) is 0 Å². The van der Waals surface area contributed by atoms with Gasteiger partial charge in [-0.3, -0.25) is 14.5 Å². The smallest absolute Gasteiger partial charge is 0.239 e. The van der Waals surface area contributed by atoms with E-state index < -0.39 is 6.04 Å². The summed E-state index contributed by atoms with van der Waals surface area (Å²) in [7, 11) is 0. The molecule has 1 fully saturated rings. The summed E-state index contributed by atoms with van der Waals surface area (Å²) in [6.07, 6.45) is 0.947. The van der Waals surface area contributed by atoms with Crippen LogP contribution in [0.25, 0.3) is 0 Å². The maximum absolute atomic E-state index is 11.7. The van der Waals surface area contributed by atoms with Gasteiger partial charge in [0.2, 0.25) is 11.8 Å². The summed E-state index contributed by atoms with van der Waals surface area (Å²) in [4.78, 5) is 27.0. The van der Waals surface area contributed by atoms with Crippen molar-refractivity contribution in [2.45, 2.75) is 26.3 Å². The Kier molecular flexibility index (Phi) is 6.07. The molecule has 1 heterocycles. The van der Waals surface area contributed by atoms with Crippen LogP contribution >= 0.6 is 0 Å². The highest BCUT2D eigenvalue weighted by atomic mass is 16.2. The third kappa shape index (κ3) is 4.62. The molecule has 0 unspecified atom stereocenters. The molecule has 18 heavy (non-hydrogen) atoms. The van der Waals surface area contributed by atoms with Gasteiger partial charge in [0.05, 0.1) is 12.6 Å². The van der Waals surface area contributed by atoms with Crippen molar-refractivity contribution in [2.75, 3.05) is 39.3 Å². The molecule has 6 heteroatoms. The van der Waals surface area contributed by atoms with Crippen LogP contribution in [0.1, 0.15) is 20.3 Å². The molecule has 0 bridgehead atoms. The second-order valence-corrected chi connectivity index (χ2v) is 4.74. The van der Waals surface area contributed by atoms with Gasteiger partial charge in [0.1, 0.15) is 0 Å². The molecule has 2 amide bonds. The normalized spacial score (nSPS) is 18.5. The zero-order valence-corrected chi connectivity index (χ0v) is 11.3. The fourth-order valence-corrected chi connectivity index (χ4v) is 1.94. The van der Waals surface area contributed by atoms with Crippen molar-refractivity contribution in [2.24, 2.45) is 5.73 Å². The van der Waals surface area contributed by atoms with E-state index in [1.807, 2.05) is 6.92 Å². The first kappa shape index (κ1) is 14.9. The van der Waals surface area contributed by atoms with Crippen LogP contribution in [0.2, 0.25) is 0 Å². The van der Waals surface area contributed by atoms with Crippen molar-refractivity contribution in [1.82, 2.24) is 15.1 Å². The Morgan fingerprint density at radius 3 is 2.39 bits per heavy atom. The minimum Gasteiger partial charge on any atom is -0.355 e. The van der Waals surface area contributed by atoms with Crippen molar-refractivity contribution in [3.05, 3.63) is 0 Å². The van der Waals surface area contributed by atoms with Gasteiger partial charge in [-0.15, -0.1) is 0 Å². The summed E-state index contributed by atoms with van der Waals surface area (Å²) in [6, 6.07) is -0.440. The Morgan fingerprint density at radius 1 is 1.28 bits per heavy atom. The van der Waals surface area contributed by atoms with Gasteiger partial charge >= 0.3 is 0 Å². The van der Waals surface area contributed by atoms with Crippen LogP contribution < -0.4 is 11.1 Å². The fourth-order valence-electron chi connectivity index (χ4n) is 1.94. The third-order valence-corrected chi connectivity index (χ3v) is 3.01. The standard InChI is InChI=1S/C12H24N4O2/c1-3-4-14-11(17)9-15-5-7-16(8-6-15)12(18)10(2)13/h10H,3-9,13H2,1-2H3,(H,14,17)/t10-/m1/s1. The average Bonchev–Trinajstić information content (AvgIpc) is 2.36. The van der Waals surface area contributed by atoms with Crippen LogP contribution in [0.15, 0.2) is 0 Å². The van der Waals surface area contributed by atoms with Gasteiger partial charge < -0.3 is 16.0 Å². The van der Waals surface area contributed by atoms with Gasteiger partial charge in [-0.25, -0.2) is 0 Å². The zero-order chi connectivity index (χ0) is 13.5. The molecular weight excluding hydrogens is 232 g/mol. The Bertz CT molecular complexity index is 286. The van der Waals surface area contributed by atoms with E-state index in [0.29, 0.717) is 19.6 Å².